The minimum Gasteiger partial charge on any atom is -0.380 e. The van der Waals surface area contributed by atoms with E-state index in [9.17, 15) is 4.39 Å². The molecule has 102 valence electrons. The van der Waals surface area contributed by atoms with Gasteiger partial charge < -0.3 is 15.0 Å². The third-order valence-electron chi connectivity index (χ3n) is 3.09. The largest absolute Gasteiger partial charge is 0.380 e. The van der Waals surface area contributed by atoms with E-state index in [4.69, 9.17) is 4.74 Å². The molecular weight excluding hydrogens is 231 g/mol. The SMILES string of the molecule is CCOCCN(C)c1ccc(C(C)NC)cc1F. The maximum absolute atomic E-state index is 14.0. The van der Waals surface area contributed by atoms with Crippen molar-refractivity contribution in [2.45, 2.75) is 19.9 Å². The Kier molecular flexibility index (Phi) is 6.09. The summed E-state index contributed by atoms with van der Waals surface area (Å²) in [5.41, 5.74) is 1.57. The molecule has 1 aromatic rings. The van der Waals surface area contributed by atoms with E-state index in [1.54, 1.807) is 6.07 Å². The van der Waals surface area contributed by atoms with Crippen LogP contribution in [0.15, 0.2) is 18.2 Å². The van der Waals surface area contributed by atoms with Crippen LogP contribution in [0.5, 0.6) is 0 Å². The fourth-order valence-electron chi connectivity index (χ4n) is 1.73. The van der Waals surface area contributed by atoms with Crippen LogP contribution in [-0.4, -0.2) is 33.9 Å². The summed E-state index contributed by atoms with van der Waals surface area (Å²) < 4.78 is 19.3. The van der Waals surface area contributed by atoms with Crippen LogP contribution in [-0.2, 0) is 4.74 Å². The monoisotopic (exact) mass is 254 g/mol. The molecule has 1 atom stereocenters. The van der Waals surface area contributed by atoms with E-state index < -0.39 is 0 Å². The standard InChI is InChI=1S/C14H23FN2O/c1-5-18-9-8-17(4)14-7-6-12(10-13(14)15)11(2)16-3/h6-7,10-11,16H,5,8-9H2,1-4H3. The first-order valence-corrected chi connectivity index (χ1v) is 6.35. The molecule has 0 amide bonds. The van der Waals surface area contributed by atoms with E-state index in [0.717, 1.165) is 5.56 Å². The van der Waals surface area contributed by atoms with Gasteiger partial charge >= 0.3 is 0 Å². The maximum atomic E-state index is 14.0. The van der Waals surface area contributed by atoms with E-state index >= 15 is 0 Å². The number of nitrogens with zero attached hydrogens (tertiary/aromatic N) is 1. The number of halogens is 1. The van der Waals surface area contributed by atoms with Gasteiger partial charge in [0.05, 0.1) is 12.3 Å². The Balaban J connectivity index is 2.72. The van der Waals surface area contributed by atoms with E-state index in [0.29, 0.717) is 25.4 Å². The Morgan fingerprint density at radius 3 is 2.72 bits per heavy atom. The first kappa shape index (κ1) is 14.9. The normalized spacial score (nSPS) is 12.5. The lowest BCUT2D eigenvalue weighted by Crippen LogP contribution is -2.23. The molecule has 1 N–H and O–H groups in total. The van der Waals surface area contributed by atoms with Crippen molar-refractivity contribution in [3.05, 3.63) is 29.6 Å². The molecule has 0 aliphatic rings. The fourth-order valence-corrected chi connectivity index (χ4v) is 1.73. The molecule has 0 heterocycles. The molecule has 18 heavy (non-hydrogen) atoms. The van der Waals surface area contributed by atoms with Gasteiger partial charge in [-0.25, -0.2) is 4.39 Å². The Bertz CT molecular complexity index is 371. The quantitative estimate of drug-likeness (QED) is 0.757. The van der Waals surface area contributed by atoms with Gasteiger partial charge in [0.25, 0.3) is 0 Å². The number of ether oxygens (including phenoxy) is 1. The van der Waals surface area contributed by atoms with Crippen LogP contribution in [0.2, 0.25) is 0 Å². The summed E-state index contributed by atoms with van der Waals surface area (Å²) in [6.07, 6.45) is 0. The molecular formula is C14H23FN2O. The number of likely N-dealkylation sites (N-methyl/N-ethyl adjacent to an activating group) is 1. The summed E-state index contributed by atoms with van der Waals surface area (Å²) in [4.78, 5) is 1.87. The van der Waals surface area contributed by atoms with Gasteiger partial charge in [0.2, 0.25) is 0 Å². The highest BCUT2D eigenvalue weighted by atomic mass is 19.1. The first-order valence-electron chi connectivity index (χ1n) is 6.35. The molecule has 0 spiro atoms. The smallest absolute Gasteiger partial charge is 0.146 e. The van der Waals surface area contributed by atoms with Gasteiger partial charge in [-0.1, -0.05) is 6.07 Å². The number of hydrogen-bond acceptors (Lipinski definition) is 3. The fraction of sp³-hybridized carbons (Fsp3) is 0.571. The zero-order valence-corrected chi connectivity index (χ0v) is 11.7. The van der Waals surface area contributed by atoms with Crippen LogP contribution in [0.3, 0.4) is 0 Å². The molecule has 1 rings (SSSR count). The average Bonchev–Trinajstić information content (AvgIpc) is 2.37. The minimum absolute atomic E-state index is 0.155. The molecule has 0 aliphatic carbocycles. The van der Waals surface area contributed by atoms with Crippen LogP contribution in [0.4, 0.5) is 10.1 Å². The highest BCUT2D eigenvalue weighted by Gasteiger charge is 2.10. The predicted octanol–water partition coefficient (Wildman–Crippen LogP) is 2.58. The van der Waals surface area contributed by atoms with Crippen molar-refractivity contribution in [1.82, 2.24) is 5.32 Å². The zero-order valence-electron chi connectivity index (χ0n) is 11.7. The Hall–Kier alpha value is -1.13. The van der Waals surface area contributed by atoms with E-state index in [-0.39, 0.29) is 11.9 Å². The summed E-state index contributed by atoms with van der Waals surface area (Å²) in [5.74, 6) is -0.186. The number of nitrogens with one attached hydrogen (secondary N) is 1. The van der Waals surface area contributed by atoms with Crippen LogP contribution in [0.25, 0.3) is 0 Å². The summed E-state index contributed by atoms with van der Waals surface area (Å²) in [6.45, 7) is 5.95. The molecule has 0 radical (unpaired) electrons. The third-order valence-corrected chi connectivity index (χ3v) is 3.09. The van der Waals surface area contributed by atoms with Crippen LogP contribution < -0.4 is 10.2 Å². The third kappa shape index (κ3) is 3.96. The topological polar surface area (TPSA) is 24.5 Å². The second-order valence-corrected chi connectivity index (χ2v) is 4.34. The summed E-state index contributed by atoms with van der Waals surface area (Å²) in [6, 6.07) is 5.52. The van der Waals surface area contributed by atoms with Gasteiger partial charge in [0, 0.05) is 26.2 Å². The highest BCUT2D eigenvalue weighted by molar-refractivity contribution is 5.48. The second-order valence-electron chi connectivity index (χ2n) is 4.34. The van der Waals surface area contributed by atoms with Crippen molar-refractivity contribution in [2.24, 2.45) is 0 Å². The average molecular weight is 254 g/mol. The molecule has 1 unspecified atom stereocenters. The first-order chi connectivity index (χ1) is 8.60. The summed E-state index contributed by atoms with van der Waals surface area (Å²) in [7, 11) is 3.74. The Morgan fingerprint density at radius 1 is 1.44 bits per heavy atom. The number of rotatable bonds is 7. The van der Waals surface area contributed by atoms with E-state index in [2.05, 4.69) is 5.32 Å². The van der Waals surface area contributed by atoms with E-state index in [1.165, 1.54) is 0 Å². The van der Waals surface area contributed by atoms with Gasteiger partial charge in [-0.3, -0.25) is 0 Å². The molecule has 0 aliphatic heterocycles. The Labute approximate surface area is 109 Å². The van der Waals surface area contributed by atoms with Crippen molar-refractivity contribution in [2.75, 3.05) is 38.8 Å². The van der Waals surface area contributed by atoms with Gasteiger partial charge in [0.15, 0.2) is 0 Å². The van der Waals surface area contributed by atoms with Crippen molar-refractivity contribution < 1.29 is 9.13 Å². The van der Waals surface area contributed by atoms with Gasteiger partial charge in [-0.15, -0.1) is 0 Å². The molecule has 0 aromatic heterocycles. The molecule has 0 fully saturated rings. The number of anilines is 1. The van der Waals surface area contributed by atoms with Crippen LogP contribution in [0.1, 0.15) is 25.5 Å². The lowest BCUT2D eigenvalue weighted by molar-refractivity contribution is 0.154. The van der Waals surface area contributed by atoms with Crippen LogP contribution >= 0.6 is 0 Å². The van der Waals surface area contributed by atoms with Gasteiger partial charge in [0.1, 0.15) is 5.82 Å². The lowest BCUT2D eigenvalue weighted by atomic mass is 10.1. The molecule has 0 bridgehead atoms. The Morgan fingerprint density at radius 2 is 2.17 bits per heavy atom. The molecule has 0 saturated heterocycles. The number of hydrogen-bond donors (Lipinski definition) is 1. The maximum Gasteiger partial charge on any atom is 0.146 e. The zero-order chi connectivity index (χ0) is 13.5. The highest BCUT2D eigenvalue weighted by Crippen LogP contribution is 2.22. The predicted molar refractivity (Wildman–Crippen MR) is 73.6 cm³/mol. The van der Waals surface area contributed by atoms with Gasteiger partial charge in [-0.2, -0.15) is 0 Å². The van der Waals surface area contributed by atoms with Crippen molar-refractivity contribution in [3.8, 4) is 0 Å². The van der Waals surface area contributed by atoms with Gasteiger partial charge in [-0.05, 0) is 38.6 Å². The lowest BCUT2D eigenvalue weighted by Gasteiger charge is -2.21. The molecule has 0 saturated carbocycles. The molecule has 3 nitrogen and oxygen atoms in total. The van der Waals surface area contributed by atoms with E-state index in [1.807, 2.05) is 45.0 Å². The number of benzene rings is 1. The molecule has 1 aromatic carbocycles. The summed E-state index contributed by atoms with van der Waals surface area (Å²) in [5, 5.41) is 3.10. The van der Waals surface area contributed by atoms with Crippen molar-refractivity contribution in [3.63, 3.8) is 0 Å². The van der Waals surface area contributed by atoms with Crippen molar-refractivity contribution >= 4 is 5.69 Å². The minimum atomic E-state index is -0.186. The molecule has 4 heteroatoms. The van der Waals surface area contributed by atoms with Crippen LogP contribution in [0, 0.1) is 5.82 Å². The van der Waals surface area contributed by atoms with Crippen molar-refractivity contribution in [1.29, 1.82) is 0 Å². The second kappa shape index (κ2) is 7.34. The summed E-state index contributed by atoms with van der Waals surface area (Å²) >= 11 is 0.